The minimum Gasteiger partial charge on any atom is -0.389 e. The Bertz CT molecular complexity index is 1120. The van der Waals surface area contributed by atoms with Crippen LogP contribution in [0.3, 0.4) is 0 Å². The second-order valence-corrected chi connectivity index (χ2v) is 12.2. The summed E-state index contributed by atoms with van der Waals surface area (Å²) in [5, 5.41) is 17.3. The summed E-state index contributed by atoms with van der Waals surface area (Å²) in [4.78, 5) is 18.3. The van der Waals surface area contributed by atoms with Crippen LogP contribution in [0.4, 0.5) is 0 Å². The van der Waals surface area contributed by atoms with Crippen molar-refractivity contribution in [2.24, 2.45) is 24.4 Å². The number of aromatic nitrogens is 4. The average molecular weight is 515 g/mol. The first kappa shape index (κ1) is 27.9. The van der Waals surface area contributed by atoms with Gasteiger partial charge >= 0.3 is 0 Å². The van der Waals surface area contributed by atoms with Crippen LogP contribution in [-0.4, -0.2) is 60.2 Å². The van der Waals surface area contributed by atoms with Gasteiger partial charge in [0.25, 0.3) is 0 Å². The molecule has 0 bridgehead atoms. The maximum Gasteiger partial charge on any atom is 0.192 e. The Labute approximate surface area is 205 Å². The van der Waals surface area contributed by atoms with Gasteiger partial charge in [-0.2, -0.15) is 0 Å². The van der Waals surface area contributed by atoms with Gasteiger partial charge in [0.2, 0.25) is 0 Å². The van der Waals surface area contributed by atoms with Gasteiger partial charge in [-0.15, -0.1) is 0 Å². The van der Waals surface area contributed by atoms with E-state index in [1.54, 1.807) is 42.6 Å². The molecular weight excluding hydrogens is 480 g/mol. The fourth-order valence-corrected chi connectivity index (χ4v) is 4.61. The molecule has 190 valence electrons. The number of aliphatic hydroxyl groups is 1. The summed E-state index contributed by atoms with van der Waals surface area (Å²) < 4.78 is 25.6. The van der Waals surface area contributed by atoms with Crippen molar-refractivity contribution >= 4 is 31.7 Å². The number of nitrogens with zero attached hydrogens (tertiary/aromatic N) is 6. The molecule has 34 heavy (non-hydrogen) atoms. The van der Waals surface area contributed by atoms with E-state index in [-0.39, 0.29) is 17.3 Å². The molecule has 0 saturated carbocycles. The fourth-order valence-electron chi connectivity index (χ4n) is 2.71. The van der Waals surface area contributed by atoms with Crippen LogP contribution >= 0.6 is 11.8 Å². The molecule has 0 saturated heterocycles. The lowest BCUT2D eigenvalue weighted by atomic mass is 10.1. The van der Waals surface area contributed by atoms with E-state index in [1.807, 2.05) is 44.9 Å². The topological polar surface area (TPSA) is 133 Å². The molecule has 2 aromatic heterocycles. The number of rotatable bonds is 3. The molecule has 11 nitrogen and oxygen atoms in total. The molecule has 2 aliphatic heterocycles. The molecule has 0 amide bonds. The zero-order valence-corrected chi connectivity index (χ0v) is 22.4. The van der Waals surface area contributed by atoms with Gasteiger partial charge in [0.1, 0.15) is 34.5 Å². The second kappa shape index (κ2) is 11.4. The smallest absolute Gasteiger partial charge is 0.192 e. The van der Waals surface area contributed by atoms with Crippen LogP contribution in [0.25, 0.3) is 0 Å². The zero-order chi connectivity index (χ0) is 25.6. The Balaban J connectivity index is 0.000000190. The van der Waals surface area contributed by atoms with E-state index < -0.39 is 15.4 Å². The summed E-state index contributed by atoms with van der Waals surface area (Å²) in [6.45, 7) is 7.71. The number of imidazole rings is 2. The molecule has 4 rings (SSSR count). The van der Waals surface area contributed by atoms with E-state index in [0.29, 0.717) is 12.2 Å². The van der Waals surface area contributed by atoms with E-state index >= 15 is 0 Å². The Morgan fingerprint density at radius 3 is 1.82 bits per heavy atom. The summed E-state index contributed by atoms with van der Waals surface area (Å²) in [6, 6.07) is 0. The lowest BCUT2D eigenvalue weighted by molar-refractivity contribution is 0.0120. The molecule has 0 fully saturated rings. The summed E-state index contributed by atoms with van der Waals surface area (Å²) in [6.07, 6.45) is 9.61. The largest absolute Gasteiger partial charge is 0.389 e. The predicted octanol–water partition coefficient (Wildman–Crippen LogP) is 2.62. The second-order valence-electron chi connectivity index (χ2n) is 9.15. The van der Waals surface area contributed by atoms with Gasteiger partial charge in [-0.1, -0.05) is 22.1 Å². The van der Waals surface area contributed by atoms with Crippen LogP contribution in [-0.2, 0) is 46.0 Å². The first-order valence-electron chi connectivity index (χ1n) is 10.6. The third-order valence-corrected chi connectivity index (χ3v) is 6.75. The van der Waals surface area contributed by atoms with Gasteiger partial charge in [-0.25, -0.2) is 18.4 Å². The highest BCUT2D eigenvalue weighted by Crippen LogP contribution is 2.28. The van der Waals surface area contributed by atoms with Crippen LogP contribution in [0.1, 0.15) is 52.2 Å². The van der Waals surface area contributed by atoms with Crippen molar-refractivity contribution < 1.29 is 23.2 Å². The molecule has 0 aromatic carbocycles. The molecule has 0 unspecified atom stereocenters. The SMILES string of the molecule is CC1(C)CC(S(C)(=O)=O)=NO1.Cn1ccnc1CO.Cn1ccnc1CSC1=NOC(C)(C)C1. The first-order chi connectivity index (χ1) is 15.7. The third-order valence-electron chi connectivity index (χ3n) is 4.72. The summed E-state index contributed by atoms with van der Waals surface area (Å²) in [7, 11) is 0.697. The molecule has 0 atom stereocenters. The van der Waals surface area contributed by atoms with Gasteiger partial charge in [0.05, 0.1) is 5.75 Å². The van der Waals surface area contributed by atoms with Crippen LogP contribution in [0.15, 0.2) is 35.1 Å². The normalized spacial score (nSPS) is 17.9. The number of hydrogen-bond acceptors (Lipinski definition) is 10. The molecular formula is C21H34N6O5S2. The molecule has 1 N–H and O–H groups in total. The van der Waals surface area contributed by atoms with Crippen LogP contribution < -0.4 is 0 Å². The predicted molar refractivity (Wildman–Crippen MR) is 133 cm³/mol. The van der Waals surface area contributed by atoms with E-state index in [0.717, 1.165) is 29.3 Å². The minimum atomic E-state index is -3.15. The molecule has 2 aliphatic rings. The maximum absolute atomic E-state index is 10.9. The third kappa shape index (κ3) is 8.76. The van der Waals surface area contributed by atoms with E-state index in [9.17, 15) is 8.42 Å². The number of oxime groups is 2. The molecule has 2 aromatic rings. The maximum atomic E-state index is 10.9. The molecule has 0 aliphatic carbocycles. The van der Waals surface area contributed by atoms with Crippen LogP contribution in [0.2, 0.25) is 0 Å². The number of sulfone groups is 1. The highest BCUT2D eigenvalue weighted by molar-refractivity contribution is 8.13. The summed E-state index contributed by atoms with van der Waals surface area (Å²) in [5.41, 5.74) is -0.595. The van der Waals surface area contributed by atoms with E-state index in [4.69, 9.17) is 14.8 Å². The van der Waals surface area contributed by atoms with Gasteiger partial charge in [0.15, 0.2) is 14.9 Å². The Hall–Kier alpha value is -2.38. The van der Waals surface area contributed by atoms with Gasteiger partial charge in [-0.05, 0) is 27.7 Å². The van der Waals surface area contributed by atoms with Crippen molar-refractivity contribution in [1.82, 2.24) is 19.1 Å². The summed E-state index contributed by atoms with van der Waals surface area (Å²) in [5.74, 6) is 2.61. The van der Waals surface area contributed by atoms with Crippen molar-refractivity contribution in [1.29, 1.82) is 0 Å². The van der Waals surface area contributed by atoms with Crippen LogP contribution in [0, 0.1) is 0 Å². The number of hydrogen-bond donors (Lipinski definition) is 1. The Morgan fingerprint density at radius 1 is 0.971 bits per heavy atom. The lowest BCUT2D eigenvalue weighted by Crippen LogP contribution is -2.21. The van der Waals surface area contributed by atoms with E-state index in [2.05, 4.69) is 20.3 Å². The van der Waals surface area contributed by atoms with Crippen molar-refractivity contribution in [2.75, 3.05) is 6.26 Å². The van der Waals surface area contributed by atoms with Crippen LogP contribution in [0.5, 0.6) is 0 Å². The van der Waals surface area contributed by atoms with Crippen molar-refractivity contribution in [2.45, 2.75) is 64.1 Å². The van der Waals surface area contributed by atoms with Crippen molar-refractivity contribution in [3.8, 4) is 0 Å². The zero-order valence-electron chi connectivity index (χ0n) is 20.7. The molecule has 13 heteroatoms. The quantitative estimate of drug-likeness (QED) is 0.661. The molecule has 0 spiro atoms. The number of aliphatic hydroxyl groups excluding tert-OH is 1. The number of aryl methyl sites for hydroxylation is 2. The van der Waals surface area contributed by atoms with Crippen molar-refractivity contribution in [3.05, 3.63) is 36.4 Å². The molecule has 0 radical (unpaired) electrons. The van der Waals surface area contributed by atoms with Crippen molar-refractivity contribution in [3.63, 3.8) is 0 Å². The first-order valence-corrected chi connectivity index (χ1v) is 13.5. The fraction of sp³-hybridized carbons (Fsp3) is 0.619. The molecule has 4 heterocycles. The Kier molecular flexibility index (Phi) is 9.31. The van der Waals surface area contributed by atoms with Gasteiger partial charge in [-0.3, -0.25) is 0 Å². The lowest BCUT2D eigenvalue weighted by Gasteiger charge is -2.12. The highest BCUT2D eigenvalue weighted by atomic mass is 32.2. The summed E-state index contributed by atoms with van der Waals surface area (Å²) >= 11 is 1.70. The highest BCUT2D eigenvalue weighted by Gasteiger charge is 2.33. The monoisotopic (exact) mass is 514 g/mol. The van der Waals surface area contributed by atoms with Gasteiger partial charge < -0.3 is 23.9 Å². The van der Waals surface area contributed by atoms with E-state index in [1.165, 1.54) is 0 Å². The Morgan fingerprint density at radius 2 is 1.50 bits per heavy atom. The van der Waals surface area contributed by atoms with Gasteiger partial charge in [0, 0.05) is 58.0 Å². The minimum absolute atomic E-state index is 0.0174. The number of thioether (sulfide) groups is 1. The average Bonchev–Trinajstić information content (AvgIpc) is 3.49. The standard InChI is InChI=1S/C10H15N3OS.C6H11NO3S.C5H8N2O/c1-10(2)6-9(12-14-10)15-7-8-11-4-5-13(8)3;1-6(2)4-5(7-10-6)11(3,8)9;1-7-3-2-6-5(7)4-8/h4-5H,6-7H2,1-3H3;4H2,1-3H3;2-3,8H,4H2,1H3.